The zero-order chi connectivity index (χ0) is 22.6. The minimum absolute atomic E-state index is 0.0181. The van der Waals surface area contributed by atoms with Crippen molar-refractivity contribution in [1.82, 2.24) is 0 Å². The number of cyclic esters (lactones) is 1. The van der Waals surface area contributed by atoms with Crippen LogP contribution in [0.1, 0.15) is 5.56 Å². The Bertz CT molecular complexity index is 1350. The molecular weight excluding hydrogens is 411 g/mol. The van der Waals surface area contributed by atoms with E-state index in [1.54, 1.807) is 24.3 Å². The second kappa shape index (κ2) is 6.73. The summed E-state index contributed by atoms with van der Waals surface area (Å²) < 4.78 is 18.9. The van der Waals surface area contributed by atoms with Gasteiger partial charge in [-0.15, -0.1) is 6.42 Å². The van der Waals surface area contributed by atoms with E-state index in [4.69, 9.17) is 16.9 Å². The number of esters is 1. The van der Waals surface area contributed by atoms with Gasteiger partial charge in [-0.05, 0) is 30.3 Å². The summed E-state index contributed by atoms with van der Waals surface area (Å²) in [7, 11) is 0. The van der Waals surface area contributed by atoms with Crippen molar-refractivity contribution in [1.29, 1.82) is 5.26 Å². The fourth-order valence-electron chi connectivity index (χ4n) is 4.73. The first kappa shape index (κ1) is 19.4. The van der Waals surface area contributed by atoms with Crippen molar-refractivity contribution >= 4 is 23.3 Å². The van der Waals surface area contributed by atoms with Crippen LogP contribution in [0.4, 0.5) is 15.8 Å². The van der Waals surface area contributed by atoms with E-state index < -0.39 is 23.1 Å². The molecule has 0 radical (unpaired) electrons. The third-order valence-corrected chi connectivity index (χ3v) is 5.96. The fraction of sp³-hybridized carbons (Fsp3) is 0.125. The maximum absolute atomic E-state index is 13.9. The smallest absolute Gasteiger partial charge is 0.338 e. The van der Waals surface area contributed by atoms with Gasteiger partial charge in [-0.1, -0.05) is 24.1 Å². The van der Waals surface area contributed by atoms with Crippen LogP contribution in [0.2, 0.25) is 0 Å². The Morgan fingerprint density at radius 3 is 2.59 bits per heavy atom. The molecule has 0 unspecified atom stereocenters. The number of fused-ring (bicyclic) bond motifs is 3. The highest BCUT2D eigenvalue weighted by Crippen LogP contribution is 2.56. The van der Waals surface area contributed by atoms with Gasteiger partial charge in [-0.3, -0.25) is 14.6 Å². The average Bonchev–Trinajstić information content (AvgIpc) is 3.28. The second-order valence-corrected chi connectivity index (χ2v) is 7.44. The largest absolute Gasteiger partial charge is 0.456 e. The molecule has 32 heavy (non-hydrogen) atoms. The molecule has 0 saturated heterocycles. The Hall–Kier alpha value is -4.56. The van der Waals surface area contributed by atoms with Gasteiger partial charge in [0.15, 0.2) is 0 Å². The molecule has 0 aliphatic carbocycles. The summed E-state index contributed by atoms with van der Waals surface area (Å²) in [4.78, 5) is 29.8. The first-order chi connectivity index (χ1) is 15.5. The molecule has 3 aliphatic heterocycles. The van der Waals surface area contributed by atoms with Crippen LogP contribution in [0, 0.1) is 29.5 Å². The monoisotopic (exact) mass is 426 g/mol. The second-order valence-electron chi connectivity index (χ2n) is 7.44. The molecule has 3 aliphatic rings. The Balaban J connectivity index is 1.86. The van der Waals surface area contributed by atoms with Crippen LogP contribution in [-0.2, 0) is 19.7 Å². The maximum atomic E-state index is 13.9. The van der Waals surface area contributed by atoms with Crippen molar-refractivity contribution in [3.63, 3.8) is 0 Å². The number of para-hydroxylation sites is 1. The van der Waals surface area contributed by atoms with Crippen LogP contribution in [-0.4, -0.2) is 25.0 Å². The number of rotatable bonds is 2. The third kappa shape index (κ3) is 2.24. The standard InChI is InChI=1S/C24H15FN4O3/c1-2-11-28-18-6-4-3-5-16(18)24(23(28)31)17(12-26)21(27)29(15-9-7-14(25)8-10-15)19-13-32-22(30)20(19)24/h1,3-10H,11,13,27H2/t24-/m0/s1. The van der Waals surface area contributed by atoms with Crippen LogP contribution >= 0.6 is 0 Å². The van der Waals surface area contributed by atoms with Gasteiger partial charge in [0, 0.05) is 16.9 Å². The van der Waals surface area contributed by atoms with Crippen molar-refractivity contribution in [2.24, 2.45) is 5.73 Å². The van der Waals surface area contributed by atoms with Gasteiger partial charge in [-0.25, -0.2) is 9.18 Å². The lowest BCUT2D eigenvalue weighted by Crippen LogP contribution is -2.50. The van der Waals surface area contributed by atoms with Crippen LogP contribution in [0.5, 0.6) is 0 Å². The van der Waals surface area contributed by atoms with Crippen molar-refractivity contribution in [3.05, 3.63) is 82.6 Å². The van der Waals surface area contributed by atoms with E-state index in [0.717, 1.165) is 0 Å². The van der Waals surface area contributed by atoms with Crippen LogP contribution in [0.15, 0.2) is 71.2 Å². The number of hydrogen-bond donors (Lipinski definition) is 1. The molecule has 0 saturated carbocycles. The molecular formula is C24H15FN4O3. The number of halogens is 1. The molecule has 0 fully saturated rings. The summed E-state index contributed by atoms with van der Waals surface area (Å²) in [6.07, 6.45) is 5.50. The molecule has 1 atom stereocenters. The van der Waals surface area contributed by atoms with Gasteiger partial charge in [0.25, 0.3) is 0 Å². The summed E-state index contributed by atoms with van der Waals surface area (Å²) in [5.74, 6) is 0.695. The maximum Gasteiger partial charge on any atom is 0.338 e. The average molecular weight is 426 g/mol. The number of anilines is 2. The minimum Gasteiger partial charge on any atom is -0.456 e. The first-order valence-corrected chi connectivity index (χ1v) is 9.68. The fourth-order valence-corrected chi connectivity index (χ4v) is 4.73. The quantitative estimate of drug-likeness (QED) is 0.583. The summed E-state index contributed by atoms with van der Waals surface area (Å²) in [6, 6.07) is 14.3. The Morgan fingerprint density at radius 2 is 1.91 bits per heavy atom. The number of nitrogens with zero attached hydrogens (tertiary/aromatic N) is 3. The highest BCUT2D eigenvalue weighted by Gasteiger charge is 2.63. The zero-order valence-corrected chi connectivity index (χ0v) is 16.6. The van der Waals surface area contributed by atoms with E-state index >= 15 is 0 Å². The summed E-state index contributed by atoms with van der Waals surface area (Å²) in [5, 5.41) is 10.2. The molecule has 7 nitrogen and oxygen atoms in total. The van der Waals surface area contributed by atoms with Gasteiger partial charge < -0.3 is 10.5 Å². The van der Waals surface area contributed by atoms with Crippen molar-refractivity contribution in [2.75, 3.05) is 23.0 Å². The van der Waals surface area contributed by atoms with E-state index in [0.29, 0.717) is 22.6 Å². The summed E-state index contributed by atoms with van der Waals surface area (Å²) in [5.41, 5.74) is 6.29. The SMILES string of the molecule is C#CCN1C(=O)[C@]2(C(C#N)=C(N)N(c3ccc(F)cc3)C3=C2C(=O)OC3)c2ccccc21. The number of terminal acetylenes is 1. The zero-order valence-electron chi connectivity index (χ0n) is 16.6. The molecule has 5 rings (SSSR count). The molecule has 2 aromatic rings. The third-order valence-electron chi connectivity index (χ3n) is 5.96. The molecule has 0 bridgehead atoms. The van der Waals surface area contributed by atoms with Crippen LogP contribution in [0.3, 0.4) is 0 Å². The van der Waals surface area contributed by atoms with Gasteiger partial charge in [-0.2, -0.15) is 5.26 Å². The minimum atomic E-state index is -1.77. The van der Waals surface area contributed by atoms with E-state index in [1.165, 1.54) is 34.1 Å². The summed E-state index contributed by atoms with van der Waals surface area (Å²) >= 11 is 0. The van der Waals surface area contributed by atoms with E-state index in [1.807, 2.05) is 0 Å². The predicted octanol–water partition coefficient (Wildman–Crippen LogP) is 2.07. The van der Waals surface area contributed by atoms with Crippen molar-refractivity contribution < 1.29 is 18.7 Å². The van der Waals surface area contributed by atoms with E-state index in [-0.39, 0.29) is 30.1 Å². The van der Waals surface area contributed by atoms with Crippen LogP contribution in [0.25, 0.3) is 0 Å². The molecule has 156 valence electrons. The number of amides is 1. The van der Waals surface area contributed by atoms with Gasteiger partial charge in [0.2, 0.25) is 5.91 Å². The topological polar surface area (TPSA) is 99.7 Å². The molecule has 1 amide bonds. The number of hydrogen-bond acceptors (Lipinski definition) is 6. The molecule has 1 spiro atoms. The molecule has 3 heterocycles. The molecule has 8 heteroatoms. The lowest BCUT2D eigenvalue weighted by molar-refractivity contribution is -0.137. The van der Waals surface area contributed by atoms with Crippen molar-refractivity contribution in [3.8, 4) is 18.4 Å². The van der Waals surface area contributed by atoms with Crippen LogP contribution < -0.4 is 15.5 Å². The van der Waals surface area contributed by atoms with Crippen molar-refractivity contribution in [2.45, 2.75) is 5.41 Å². The molecule has 0 aromatic heterocycles. The highest BCUT2D eigenvalue weighted by molar-refractivity contribution is 6.20. The Labute approximate surface area is 182 Å². The van der Waals surface area contributed by atoms with E-state index in [9.17, 15) is 19.2 Å². The lowest BCUT2D eigenvalue weighted by atomic mass is 9.67. The lowest BCUT2D eigenvalue weighted by Gasteiger charge is -2.38. The van der Waals surface area contributed by atoms with Gasteiger partial charge in [0.1, 0.15) is 29.7 Å². The normalized spacial score (nSPS) is 21.5. The summed E-state index contributed by atoms with van der Waals surface area (Å²) in [6.45, 7) is -0.202. The number of nitriles is 1. The number of benzene rings is 2. The number of ether oxygens (including phenoxy) is 1. The predicted molar refractivity (Wildman–Crippen MR) is 113 cm³/mol. The van der Waals surface area contributed by atoms with E-state index in [2.05, 4.69) is 12.0 Å². The molecule has 2 N–H and O–H groups in total. The Kier molecular flexibility index (Phi) is 4.08. The number of carbonyl (C=O) groups is 2. The van der Waals surface area contributed by atoms with Gasteiger partial charge >= 0.3 is 5.97 Å². The number of nitrogens with two attached hydrogens (primary N) is 1. The highest BCUT2D eigenvalue weighted by atomic mass is 19.1. The first-order valence-electron chi connectivity index (χ1n) is 9.68. The molecule has 2 aromatic carbocycles. The van der Waals surface area contributed by atoms with Gasteiger partial charge in [0.05, 0.1) is 23.4 Å². The number of carbonyl (C=O) groups excluding carboxylic acids is 2. The Morgan fingerprint density at radius 1 is 1.19 bits per heavy atom.